The van der Waals surface area contributed by atoms with Gasteiger partial charge in [-0.3, -0.25) is 4.79 Å². The maximum atomic E-state index is 12.5. The first-order valence-electron chi connectivity index (χ1n) is 8.23. The minimum absolute atomic E-state index is 0. The SMILES string of the molecule is CCCC(C)(N)C(=O)N1CCC(COCc2ccccc2)C1.Cl. The molecule has 1 saturated heterocycles. The van der Waals surface area contributed by atoms with E-state index in [1.54, 1.807) is 0 Å². The molecule has 1 fully saturated rings. The van der Waals surface area contributed by atoms with Crippen molar-refractivity contribution in [3.05, 3.63) is 35.9 Å². The number of nitrogens with zero attached hydrogens (tertiary/aromatic N) is 1. The van der Waals surface area contributed by atoms with Crippen LogP contribution in [0, 0.1) is 5.92 Å². The molecular weight excluding hydrogens is 312 g/mol. The first-order valence-corrected chi connectivity index (χ1v) is 8.23. The van der Waals surface area contributed by atoms with Crippen LogP contribution < -0.4 is 5.73 Å². The highest BCUT2D eigenvalue weighted by atomic mass is 35.5. The maximum absolute atomic E-state index is 12.5. The van der Waals surface area contributed by atoms with Crippen molar-refractivity contribution in [2.45, 2.75) is 45.3 Å². The van der Waals surface area contributed by atoms with Crippen LogP contribution in [0.3, 0.4) is 0 Å². The van der Waals surface area contributed by atoms with Crippen molar-refractivity contribution >= 4 is 18.3 Å². The van der Waals surface area contributed by atoms with E-state index in [1.165, 1.54) is 5.56 Å². The van der Waals surface area contributed by atoms with Crippen LogP contribution in [0.4, 0.5) is 0 Å². The summed E-state index contributed by atoms with van der Waals surface area (Å²) in [7, 11) is 0. The molecule has 130 valence electrons. The lowest BCUT2D eigenvalue weighted by molar-refractivity contribution is -0.135. The van der Waals surface area contributed by atoms with Crippen molar-refractivity contribution < 1.29 is 9.53 Å². The number of benzene rings is 1. The number of halogens is 1. The minimum atomic E-state index is -0.728. The van der Waals surface area contributed by atoms with Gasteiger partial charge in [0.05, 0.1) is 18.8 Å². The summed E-state index contributed by atoms with van der Waals surface area (Å²) in [6.45, 7) is 6.81. The van der Waals surface area contributed by atoms with Gasteiger partial charge in [0.1, 0.15) is 0 Å². The summed E-state index contributed by atoms with van der Waals surface area (Å²) in [6, 6.07) is 10.2. The van der Waals surface area contributed by atoms with Crippen molar-refractivity contribution in [3.8, 4) is 0 Å². The van der Waals surface area contributed by atoms with E-state index in [1.807, 2.05) is 30.0 Å². The topological polar surface area (TPSA) is 55.6 Å². The van der Waals surface area contributed by atoms with E-state index < -0.39 is 5.54 Å². The molecule has 2 N–H and O–H groups in total. The summed E-state index contributed by atoms with van der Waals surface area (Å²) in [4.78, 5) is 14.4. The van der Waals surface area contributed by atoms with Gasteiger partial charge < -0.3 is 15.4 Å². The third-order valence-corrected chi connectivity index (χ3v) is 4.30. The summed E-state index contributed by atoms with van der Waals surface area (Å²) < 4.78 is 5.80. The number of carbonyl (C=O) groups excluding carboxylic acids is 1. The normalized spacial score (nSPS) is 20.0. The van der Waals surface area contributed by atoms with Gasteiger partial charge in [-0.25, -0.2) is 0 Å². The average Bonchev–Trinajstić information content (AvgIpc) is 2.96. The molecule has 0 saturated carbocycles. The highest BCUT2D eigenvalue weighted by molar-refractivity contribution is 5.86. The molecule has 1 heterocycles. The molecule has 23 heavy (non-hydrogen) atoms. The maximum Gasteiger partial charge on any atom is 0.242 e. The van der Waals surface area contributed by atoms with Gasteiger partial charge in [0.15, 0.2) is 0 Å². The van der Waals surface area contributed by atoms with Gasteiger partial charge in [0.2, 0.25) is 5.91 Å². The molecular formula is C18H29ClN2O2. The molecule has 1 amide bonds. The molecule has 5 heteroatoms. The molecule has 0 spiro atoms. The minimum Gasteiger partial charge on any atom is -0.376 e. The van der Waals surface area contributed by atoms with Gasteiger partial charge in [0.25, 0.3) is 0 Å². The Morgan fingerprint density at radius 1 is 1.39 bits per heavy atom. The zero-order valence-corrected chi connectivity index (χ0v) is 15.0. The van der Waals surface area contributed by atoms with Gasteiger partial charge in [-0.15, -0.1) is 12.4 Å². The number of likely N-dealkylation sites (tertiary alicyclic amines) is 1. The van der Waals surface area contributed by atoms with E-state index in [9.17, 15) is 4.79 Å². The predicted molar refractivity (Wildman–Crippen MR) is 95.5 cm³/mol. The molecule has 2 atom stereocenters. The Morgan fingerprint density at radius 2 is 2.09 bits per heavy atom. The molecule has 4 nitrogen and oxygen atoms in total. The fourth-order valence-electron chi connectivity index (χ4n) is 3.06. The number of amides is 1. The Balaban J connectivity index is 0.00000264. The molecule has 0 aliphatic carbocycles. The quantitative estimate of drug-likeness (QED) is 0.830. The summed E-state index contributed by atoms with van der Waals surface area (Å²) >= 11 is 0. The van der Waals surface area contributed by atoms with Crippen molar-refractivity contribution in [1.29, 1.82) is 0 Å². The zero-order chi connectivity index (χ0) is 16.0. The van der Waals surface area contributed by atoms with Gasteiger partial charge >= 0.3 is 0 Å². The third-order valence-electron chi connectivity index (χ3n) is 4.30. The summed E-state index contributed by atoms with van der Waals surface area (Å²) in [5, 5.41) is 0. The number of ether oxygens (including phenoxy) is 1. The highest BCUT2D eigenvalue weighted by Crippen LogP contribution is 2.21. The van der Waals surface area contributed by atoms with Crippen LogP contribution in [0.25, 0.3) is 0 Å². The standard InChI is InChI=1S/C18H28N2O2.ClH/c1-3-10-18(2,19)17(21)20-11-9-16(12-20)14-22-13-15-7-5-4-6-8-15;/h4-8,16H,3,9-14,19H2,1-2H3;1H. The largest absolute Gasteiger partial charge is 0.376 e. The Labute approximate surface area is 145 Å². The second-order valence-corrected chi connectivity index (χ2v) is 6.57. The van der Waals surface area contributed by atoms with Crippen LogP contribution in [0.5, 0.6) is 0 Å². The second-order valence-electron chi connectivity index (χ2n) is 6.57. The lowest BCUT2D eigenvalue weighted by Gasteiger charge is -2.29. The molecule has 1 aromatic rings. The van der Waals surface area contributed by atoms with E-state index in [4.69, 9.17) is 10.5 Å². The Kier molecular flexibility index (Phi) is 8.03. The molecule has 0 aromatic heterocycles. The number of rotatable bonds is 7. The smallest absolute Gasteiger partial charge is 0.242 e. The fourth-order valence-corrected chi connectivity index (χ4v) is 3.06. The third kappa shape index (κ3) is 5.79. The molecule has 2 rings (SSSR count). The van der Waals surface area contributed by atoms with E-state index in [-0.39, 0.29) is 18.3 Å². The van der Waals surface area contributed by atoms with Gasteiger partial charge in [0, 0.05) is 19.0 Å². The van der Waals surface area contributed by atoms with E-state index in [0.717, 1.165) is 32.4 Å². The molecule has 2 unspecified atom stereocenters. The highest BCUT2D eigenvalue weighted by Gasteiger charge is 2.35. The van der Waals surface area contributed by atoms with Crippen LogP contribution in [-0.4, -0.2) is 36.0 Å². The van der Waals surface area contributed by atoms with E-state index in [0.29, 0.717) is 19.1 Å². The van der Waals surface area contributed by atoms with Gasteiger partial charge in [-0.1, -0.05) is 43.7 Å². The van der Waals surface area contributed by atoms with Crippen LogP contribution in [-0.2, 0) is 16.1 Å². The van der Waals surface area contributed by atoms with E-state index >= 15 is 0 Å². The summed E-state index contributed by atoms with van der Waals surface area (Å²) in [5.41, 5.74) is 6.61. The Hall–Kier alpha value is -1.10. The predicted octanol–water partition coefficient (Wildman–Crippen LogP) is 2.99. The first-order chi connectivity index (χ1) is 10.5. The van der Waals surface area contributed by atoms with E-state index in [2.05, 4.69) is 19.1 Å². The van der Waals surface area contributed by atoms with Gasteiger partial charge in [-0.05, 0) is 25.3 Å². The number of nitrogens with two attached hydrogens (primary N) is 1. The number of hydrogen-bond acceptors (Lipinski definition) is 3. The van der Waals surface area contributed by atoms with Crippen molar-refractivity contribution in [2.24, 2.45) is 11.7 Å². The molecule has 1 aromatic carbocycles. The van der Waals surface area contributed by atoms with Crippen LogP contribution in [0.15, 0.2) is 30.3 Å². The lowest BCUT2D eigenvalue weighted by atomic mass is 9.96. The summed E-state index contributed by atoms with van der Waals surface area (Å²) in [5.74, 6) is 0.505. The average molecular weight is 341 g/mol. The molecule has 0 bridgehead atoms. The van der Waals surface area contributed by atoms with Gasteiger partial charge in [-0.2, -0.15) is 0 Å². The first kappa shape index (κ1) is 19.9. The van der Waals surface area contributed by atoms with Crippen molar-refractivity contribution in [2.75, 3.05) is 19.7 Å². The van der Waals surface area contributed by atoms with Crippen LogP contribution >= 0.6 is 12.4 Å². The Morgan fingerprint density at radius 3 is 2.74 bits per heavy atom. The Bertz CT molecular complexity index is 479. The second kappa shape index (κ2) is 9.26. The zero-order valence-electron chi connectivity index (χ0n) is 14.2. The number of hydrogen-bond donors (Lipinski definition) is 1. The molecule has 1 aliphatic heterocycles. The fraction of sp³-hybridized carbons (Fsp3) is 0.611. The molecule has 1 aliphatic rings. The molecule has 0 radical (unpaired) electrons. The number of carbonyl (C=O) groups is 1. The van der Waals surface area contributed by atoms with Crippen LogP contribution in [0.1, 0.15) is 38.7 Å². The lowest BCUT2D eigenvalue weighted by Crippen LogP contribution is -2.52. The summed E-state index contributed by atoms with van der Waals surface area (Å²) in [6.07, 6.45) is 2.66. The van der Waals surface area contributed by atoms with Crippen molar-refractivity contribution in [3.63, 3.8) is 0 Å². The monoisotopic (exact) mass is 340 g/mol. The van der Waals surface area contributed by atoms with Crippen LogP contribution in [0.2, 0.25) is 0 Å². The van der Waals surface area contributed by atoms with Crippen molar-refractivity contribution in [1.82, 2.24) is 4.90 Å².